The zero-order chi connectivity index (χ0) is 18.0. The molecule has 10 heteroatoms. The number of hydrogen-bond acceptors (Lipinski definition) is 4. The molecule has 0 unspecified atom stereocenters. The summed E-state index contributed by atoms with van der Waals surface area (Å²) in [7, 11) is 0. The van der Waals surface area contributed by atoms with Gasteiger partial charge in [0.25, 0.3) is 0 Å². The molecule has 0 aromatic carbocycles. The predicted molar refractivity (Wildman–Crippen MR) is 106 cm³/mol. The Kier molecular flexibility index (Phi) is 12.4. The first-order valence-electron chi connectivity index (χ1n) is 7.94. The van der Waals surface area contributed by atoms with E-state index in [-0.39, 0.29) is 30.5 Å². The number of ether oxygens (including phenoxy) is 1. The number of thiazole rings is 1. The molecule has 0 aliphatic carbocycles. The number of aliphatic imine (C=N–C) groups is 1. The van der Waals surface area contributed by atoms with Crippen LogP contribution in [0.1, 0.15) is 37.9 Å². The van der Waals surface area contributed by atoms with E-state index in [4.69, 9.17) is 4.74 Å². The molecule has 2 N–H and O–H groups in total. The molecular formula is C15H26F3IN4OS. The molecule has 0 atom stereocenters. The van der Waals surface area contributed by atoms with Crippen molar-refractivity contribution in [2.75, 3.05) is 26.3 Å². The van der Waals surface area contributed by atoms with Crippen molar-refractivity contribution in [1.29, 1.82) is 0 Å². The third kappa shape index (κ3) is 10.9. The molecule has 1 aromatic heterocycles. The average Bonchev–Trinajstić information content (AvgIpc) is 2.97. The van der Waals surface area contributed by atoms with E-state index in [1.165, 1.54) is 0 Å². The molecule has 1 heterocycles. The van der Waals surface area contributed by atoms with Gasteiger partial charge in [0.2, 0.25) is 0 Å². The van der Waals surface area contributed by atoms with Gasteiger partial charge in [-0.25, -0.2) is 9.98 Å². The Balaban J connectivity index is 0.00000576. The minimum absolute atomic E-state index is 0. The maximum atomic E-state index is 12.5. The van der Waals surface area contributed by atoms with Gasteiger partial charge >= 0.3 is 6.18 Å². The van der Waals surface area contributed by atoms with Crippen LogP contribution in [0.3, 0.4) is 0 Å². The van der Waals surface area contributed by atoms with Crippen molar-refractivity contribution in [2.45, 2.75) is 39.9 Å². The van der Waals surface area contributed by atoms with Crippen LogP contribution >= 0.6 is 35.3 Å². The highest BCUT2D eigenvalue weighted by Crippen LogP contribution is 2.30. The Bertz CT molecular complexity index is 509. The van der Waals surface area contributed by atoms with Gasteiger partial charge in [0.15, 0.2) is 11.7 Å². The topological polar surface area (TPSA) is 58.5 Å². The monoisotopic (exact) mass is 494 g/mol. The number of guanidine groups is 1. The van der Waals surface area contributed by atoms with Crippen molar-refractivity contribution >= 4 is 41.3 Å². The van der Waals surface area contributed by atoms with Crippen molar-refractivity contribution in [3.05, 3.63) is 16.1 Å². The second-order valence-corrected chi connectivity index (χ2v) is 6.51. The zero-order valence-electron chi connectivity index (χ0n) is 14.7. The van der Waals surface area contributed by atoms with Crippen LogP contribution in [0.2, 0.25) is 0 Å². The van der Waals surface area contributed by atoms with E-state index in [1.807, 2.05) is 6.92 Å². The van der Waals surface area contributed by atoms with Gasteiger partial charge < -0.3 is 15.4 Å². The van der Waals surface area contributed by atoms with E-state index in [2.05, 4.69) is 34.5 Å². The molecule has 0 fully saturated rings. The van der Waals surface area contributed by atoms with Crippen LogP contribution in [0.15, 0.2) is 10.4 Å². The van der Waals surface area contributed by atoms with Crippen LogP contribution in [0.5, 0.6) is 0 Å². The number of alkyl halides is 3. The van der Waals surface area contributed by atoms with E-state index in [9.17, 15) is 13.2 Å². The van der Waals surface area contributed by atoms with E-state index < -0.39 is 11.9 Å². The second kappa shape index (κ2) is 12.7. The third-order valence-electron chi connectivity index (χ3n) is 2.77. The van der Waals surface area contributed by atoms with Gasteiger partial charge in [-0.2, -0.15) is 13.2 Å². The van der Waals surface area contributed by atoms with Gasteiger partial charge in [-0.15, -0.1) is 35.3 Å². The lowest BCUT2D eigenvalue weighted by Crippen LogP contribution is -2.38. The summed E-state index contributed by atoms with van der Waals surface area (Å²) < 4.78 is 43.0. The molecule has 0 radical (unpaired) electrons. The van der Waals surface area contributed by atoms with Crippen LogP contribution in [0, 0.1) is 5.92 Å². The maximum absolute atomic E-state index is 12.5. The summed E-state index contributed by atoms with van der Waals surface area (Å²) in [5, 5.41) is 7.53. The lowest BCUT2D eigenvalue weighted by atomic mass is 10.2. The zero-order valence-corrected chi connectivity index (χ0v) is 17.8. The highest BCUT2D eigenvalue weighted by Gasteiger charge is 2.33. The van der Waals surface area contributed by atoms with Crippen molar-refractivity contribution in [3.8, 4) is 0 Å². The van der Waals surface area contributed by atoms with Crippen LogP contribution in [-0.2, 0) is 17.5 Å². The summed E-state index contributed by atoms with van der Waals surface area (Å²) in [4.78, 5) is 7.82. The fraction of sp³-hybridized carbons (Fsp3) is 0.733. The molecule has 0 saturated heterocycles. The number of aromatic nitrogens is 1. The molecule has 25 heavy (non-hydrogen) atoms. The van der Waals surface area contributed by atoms with Crippen LogP contribution in [0.25, 0.3) is 0 Å². The molecule has 146 valence electrons. The molecule has 0 spiro atoms. The summed E-state index contributed by atoms with van der Waals surface area (Å²) in [5.41, 5.74) is -0.863. The Morgan fingerprint density at radius 1 is 1.36 bits per heavy atom. The van der Waals surface area contributed by atoms with Gasteiger partial charge in [0.1, 0.15) is 5.01 Å². The largest absolute Gasteiger partial charge is 0.434 e. The molecule has 0 amide bonds. The molecule has 1 rings (SSSR count). The SMILES string of the molecule is CCNC(=NCc1nc(C(F)(F)F)cs1)NCCCOCC(C)C.I. The molecule has 1 aromatic rings. The minimum Gasteiger partial charge on any atom is -0.381 e. The van der Waals surface area contributed by atoms with Crippen molar-refractivity contribution in [1.82, 2.24) is 15.6 Å². The first-order chi connectivity index (χ1) is 11.3. The van der Waals surface area contributed by atoms with E-state index in [1.54, 1.807) is 0 Å². The van der Waals surface area contributed by atoms with Crippen LogP contribution in [-0.4, -0.2) is 37.2 Å². The molecule has 5 nitrogen and oxygen atoms in total. The molecule has 0 aliphatic rings. The lowest BCUT2D eigenvalue weighted by molar-refractivity contribution is -0.140. The fourth-order valence-corrected chi connectivity index (χ4v) is 2.43. The molecular weight excluding hydrogens is 468 g/mol. The smallest absolute Gasteiger partial charge is 0.381 e. The fourth-order valence-electron chi connectivity index (χ4n) is 1.70. The number of rotatable bonds is 9. The van der Waals surface area contributed by atoms with Crippen molar-refractivity contribution < 1.29 is 17.9 Å². The average molecular weight is 494 g/mol. The Hall–Kier alpha value is -0.620. The first-order valence-corrected chi connectivity index (χ1v) is 8.82. The molecule has 0 saturated carbocycles. The summed E-state index contributed by atoms with van der Waals surface area (Å²) in [5.74, 6) is 1.07. The minimum atomic E-state index is -4.41. The van der Waals surface area contributed by atoms with Gasteiger partial charge in [0.05, 0.1) is 6.54 Å². The Morgan fingerprint density at radius 3 is 2.64 bits per heavy atom. The third-order valence-corrected chi connectivity index (χ3v) is 3.60. The second-order valence-electron chi connectivity index (χ2n) is 5.57. The van der Waals surface area contributed by atoms with E-state index >= 15 is 0 Å². The number of halogens is 4. The first kappa shape index (κ1) is 24.4. The molecule has 0 bridgehead atoms. The maximum Gasteiger partial charge on any atom is 0.434 e. The van der Waals surface area contributed by atoms with Crippen molar-refractivity contribution in [3.63, 3.8) is 0 Å². The predicted octanol–water partition coefficient (Wildman–Crippen LogP) is 3.90. The number of hydrogen-bond donors (Lipinski definition) is 2. The van der Waals surface area contributed by atoms with E-state index in [0.29, 0.717) is 36.6 Å². The summed E-state index contributed by atoms with van der Waals surface area (Å²) >= 11 is 0.960. The van der Waals surface area contributed by atoms with Crippen molar-refractivity contribution in [2.24, 2.45) is 10.9 Å². The quantitative estimate of drug-likeness (QED) is 0.237. The normalized spacial score (nSPS) is 12.2. The standard InChI is InChI=1S/C15H25F3N4OS.HI/c1-4-19-14(20-6-5-7-23-9-11(2)3)21-8-13-22-12(10-24-13)15(16,17)18;/h10-11H,4-9H2,1-3H3,(H2,19,20,21);1H. The molecule has 0 aliphatic heterocycles. The summed E-state index contributed by atoms with van der Waals surface area (Å²) in [6, 6.07) is 0. The highest BCUT2D eigenvalue weighted by molar-refractivity contribution is 14.0. The van der Waals surface area contributed by atoms with Crippen LogP contribution in [0.4, 0.5) is 13.2 Å². The lowest BCUT2D eigenvalue weighted by Gasteiger charge is -2.11. The summed E-state index contributed by atoms with van der Waals surface area (Å²) in [6.07, 6.45) is -3.58. The van der Waals surface area contributed by atoms with Gasteiger partial charge in [0, 0.05) is 31.7 Å². The van der Waals surface area contributed by atoms with Gasteiger partial charge in [-0.05, 0) is 19.3 Å². The number of nitrogens with one attached hydrogen (secondary N) is 2. The van der Waals surface area contributed by atoms with Crippen LogP contribution < -0.4 is 10.6 Å². The Morgan fingerprint density at radius 2 is 2.08 bits per heavy atom. The van der Waals surface area contributed by atoms with Gasteiger partial charge in [-0.3, -0.25) is 0 Å². The summed E-state index contributed by atoms with van der Waals surface area (Å²) in [6.45, 7) is 8.96. The van der Waals surface area contributed by atoms with E-state index in [0.717, 1.165) is 29.7 Å². The van der Waals surface area contributed by atoms with Gasteiger partial charge in [-0.1, -0.05) is 13.8 Å². The highest BCUT2D eigenvalue weighted by atomic mass is 127. The number of nitrogens with zero attached hydrogens (tertiary/aromatic N) is 2. The Labute approximate surface area is 167 Å².